The van der Waals surface area contributed by atoms with Crippen LogP contribution >= 0.6 is 0 Å². The van der Waals surface area contributed by atoms with Crippen LogP contribution in [-0.2, 0) is 0 Å². The van der Waals surface area contributed by atoms with E-state index in [1.165, 1.54) is 0 Å². The molecule has 1 amide bonds. The Balaban J connectivity index is 1.52. The Morgan fingerprint density at radius 1 is 0.970 bits per heavy atom. The lowest BCUT2D eigenvalue weighted by atomic mass is 10.0. The molecular formula is C25H23N7O. The van der Waals surface area contributed by atoms with Gasteiger partial charge in [-0.1, -0.05) is 36.4 Å². The summed E-state index contributed by atoms with van der Waals surface area (Å²) in [4.78, 5) is 27.0. The van der Waals surface area contributed by atoms with Gasteiger partial charge in [0, 0.05) is 11.6 Å². The molecule has 0 atom stereocenters. The van der Waals surface area contributed by atoms with E-state index in [1.54, 1.807) is 18.5 Å². The van der Waals surface area contributed by atoms with Crippen LogP contribution in [0.25, 0.3) is 33.3 Å². The summed E-state index contributed by atoms with van der Waals surface area (Å²) >= 11 is 0. The lowest BCUT2D eigenvalue weighted by molar-refractivity contribution is 0.0964. The van der Waals surface area contributed by atoms with Gasteiger partial charge in [0.2, 0.25) is 0 Å². The maximum Gasteiger partial charge on any atom is 0.270 e. The van der Waals surface area contributed by atoms with Gasteiger partial charge in [0.05, 0.1) is 40.1 Å². The van der Waals surface area contributed by atoms with Gasteiger partial charge in [-0.15, -0.1) is 0 Å². The standard InChI is InChI=1S/C25H23N7O/c1-15(2)32-24-19(13-27-32)18(12-22(29-24)17-9-5-4-8-16(17)3)25(33)31-30-23-14-26-20-10-6-7-11-21(20)28-23/h4-15H,1-3H3,(H,28,30)(H,31,33). The van der Waals surface area contributed by atoms with Crippen LogP contribution in [0.5, 0.6) is 0 Å². The zero-order valence-electron chi connectivity index (χ0n) is 18.6. The van der Waals surface area contributed by atoms with E-state index in [-0.39, 0.29) is 11.9 Å². The lowest BCUT2D eigenvalue weighted by Gasteiger charge is -2.13. The number of carbonyl (C=O) groups excluding carboxylic acids is 1. The Bertz CT molecular complexity index is 1490. The van der Waals surface area contributed by atoms with Gasteiger partial charge in [-0.05, 0) is 44.5 Å². The van der Waals surface area contributed by atoms with E-state index >= 15 is 0 Å². The second kappa shape index (κ2) is 8.31. The zero-order chi connectivity index (χ0) is 22.9. The maximum absolute atomic E-state index is 13.3. The van der Waals surface area contributed by atoms with Crippen molar-refractivity contribution >= 4 is 33.8 Å². The highest BCUT2D eigenvalue weighted by Crippen LogP contribution is 2.28. The van der Waals surface area contributed by atoms with Crippen LogP contribution in [0.1, 0.15) is 35.8 Å². The Hall–Kier alpha value is -4.33. The number of benzene rings is 2. The Kier molecular flexibility index (Phi) is 5.18. The molecule has 3 aromatic heterocycles. The summed E-state index contributed by atoms with van der Waals surface area (Å²) in [6.07, 6.45) is 3.27. The van der Waals surface area contributed by atoms with Crippen LogP contribution in [0.15, 0.2) is 67.0 Å². The SMILES string of the molecule is Cc1ccccc1-c1cc(C(=O)NNc2cnc3ccccc3n2)c2cnn(C(C)C)c2n1. The smallest absolute Gasteiger partial charge is 0.270 e. The number of hydrogen-bond donors (Lipinski definition) is 2. The average molecular weight is 438 g/mol. The quantitative estimate of drug-likeness (QED) is 0.387. The van der Waals surface area contributed by atoms with Crippen molar-refractivity contribution in [1.82, 2.24) is 30.2 Å². The van der Waals surface area contributed by atoms with Crippen LogP contribution in [0, 0.1) is 6.92 Å². The highest BCUT2D eigenvalue weighted by molar-refractivity contribution is 6.07. The van der Waals surface area contributed by atoms with Crippen molar-refractivity contribution < 1.29 is 4.79 Å². The molecule has 0 bridgehead atoms. The molecule has 8 nitrogen and oxygen atoms in total. The predicted molar refractivity (Wildman–Crippen MR) is 129 cm³/mol. The third-order valence-corrected chi connectivity index (χ3v) is 5.47. The van der Waals surface area contributed by atoms with Crippen molar-refractivity contribution in [2.45, 2.75) is 26.8 Å². The molecule has 33 heavy (non-hydrogen) atoms. The van der Waals surface area contributed by atoms with Crippen molar-refractivity contribution in [3.05, 3.63) is 78.1 Å². The molecule has 164 valence electrons. The number of para-hydroxylation sites is 2. The molecule has 0 spiro atoms. The molecule has 2 aromatic carbocycles. The number of nitrogens with one attached hydrogen (secondary N) is 2. The van der Waals surface area contributed by atoms with E-state index in [4.69, 9.17) is 4.98 Å². The van der Waals surface area contributed by atoms with E-state index < -0.39 is 0 Å². The van der Waals surface area contributed by atoms with E-state index in [1.807, 2.05) is 74.0 Å². The van der Waals surface area contributed by atoms with Crippen LogP contribution in [-0.4, -0.2) is 30.6 Å². The zero-order valence-corrected chi connectivity index (χ0v) is 18.6. The van der Waals surface area contributed by atoms with Gasteiger partial charge in [-0.3, -0.25) is 20.6 Å². The number of rotatable bonds is 5. The van der Waals surface area contributed by atoms with Crippen molar-refractivity contribution in [2.24, 2.45) is 0 Å². The minimum absolute atomic E-state index is 0.101. The summed E-state index contributed by atoms with van der Waals surface area (Å²) in [6.45, 7) is 6.10. The molecule has 5 aromatic rings. The monoisotopic (exact) mass is 437 g/mol. The summed E-state index contributed by atoms with van der Waals surface area (Å²) < 4.78 is 1.83. The number of hydrazine groups is 1. The van der Waals surface area contributed by atoms with Crippen LogP contribution in [0.2, 0.25) is 0 Å². The van der Waals surface area contributed by atoms with E-state index in [2.05, 4.69) is 25.9 Å². The Morgan fingerprint density at radius 3 is 2.52 bits per heavy atom. The van der Waals surface area contributed by atoms with E-state index in [0.29, 0.717) is 22.4 Å². The average Bonchev–Trinajstić information content (AvgIpc) is 3.26. The first kappa shape index (κ1) is 20.6. The van der Waals surface area contributed by atoms with Gasteiger partial charge in [0.25, 0.3) is 5.91 Å². The van der Waals surface area contributed by atoms with Crippen molar-refractivity contribution in [2.75, 3.05) is 5.43 Å². The van der Waals surface area contributed by atoms with E-state index in [0.717, 1.165) is 27.9 Å². The number of fused-ring (bicyclic) bond motifs is 2. The first-order valence-corrected chi connectivity index (χ1v) is 10.7. The van der Waals surface area contributed by atoms with Crippen molar-refractivity contribution in [1.29, 1.82) is 0 Å². The first-order chi connectivity index (χ1) is 16.0. The van der Waals surface area contributed by atoms with Gasteiger partial charge in [-0.2, -0.15) is 5.10 Å². The number of anilines is 1. The second-order valence-electron chi connectivity index (χ2n) is 8.11. The molecule has 0 aliphatic rings. The summed E-state index contributed by atoms with van der Waals surface area (Å²) in [6, 6.07) is 17.4. The highest BCUT2D eigenvalue weighted by Gasteiger charge is 2.19. The number of hydrogen-bond acceptors (Lipinski definition) is 6. The number of amides is 1. The number of aryl methyl sites for hydroxylation is 1. The molecule has 2 N–H and O–H groups in total. The molecule has 0 aliphatic heterocycles. The van der Waals surface area contributed by atoms with Gasteiger partial charge < -0.3 is 0 Å². The van der Waals surface area contributed by atoms with Crippen LogP contribution in [0.4, 0.5) is 5.82 Å². The van der Waals surface area contributed by atoms with Crippen LogP contribution < -0.4 is 10.9 Å². The normalized spacial score (nSPS) is 11.3. The lowest BCUT2D eigenvalue weighted by Crippen LogP contribution is -2.30. The Labute approximate surface area is 190 Å². The van der Waals surface area contributed by atoms with Crippen molar-refractivity contribution in [3.8, 4) is 11.3 Å². The largest absolute Gasteiger partial charge is 0.280 e. The fourth-order valence-electron chi connectivity index (χ4n) is 3.79. The first-order valence-electron chi connectivity index (χ1n) is 10.7. The summed E-state index contributed by atoms with van der Waals surface area (Å²) in [5, 5.41) is 5.16. The van der Waals surface area contributed by atoms with Gasteiger partial charge in [0.1, 0.15) is 0 Å². The second-order valence-corrected chi connectivity index (χ2v) is 8.11. The molecule has 0 unspecified atom stereocenters. The minimum atomic E-state index is -0.310. The molecule has 0 saturated carbocycles. The third-order valence-electron chi connectivity index (χ3n) is 5.47. The summed E-state index contributed by atoms with van der Waals surface area (Å²) in [7, 11) is 0. The topological polar surface area (TPSA) is 97.6 Å². The molecule has 0 aliphatic carbocycles. The molecule has 0 radical (unpaired) electrons. The van der Waals surface area contributed by atoms with E-state index in [9.17, 15) is 4.79 Å². The summed E-state index contributed by atoms with van der Waals surface area (Å²) in [5.41, 5.74) is 11.1. The molecule has 0 fully saturated rings. The molecule has 0 saturated heterocycles. The molecular weight excluding hydrogens is 414 g/mol. The molecule has 8 heteroatoms. The highest BCUT2D eigenvalue weighted by atomic mass is 16.2. The number of aromatic nitrogens is 5. The fraction of sp³-hybridized carbons (Fsp3) is 0.160. The minimum Gasteiger partial charge on any atom is -0.280 e. The van der Waals surface area contributed by atoms with Crippen LogP contribution in [0.3, 0.4) is 0 Å². The molecule has 5 rings (SSSR count). The van der Waals surface area contributed by atoms with Crippen molar-refractivity contribution in [3.63, 3.8) is 0 Å². The van der Waals surface area contributed by atoms with Gasteiger partial charge in [0.15, 0.2) is 11.5 Å². The Morgan fingerprint density at radius 2 is 1.73 bits per heavy atom. The van der Waals surface area contributed by atoms with Gasteiger partial charge in [-0.25, -0.2) is 14.6 Å². The van der Waals surface area contributed by atoms with Gasteiger partial charge >= 0.3 is 0 Å². The third kappa shape index (κ3) is 3.87. The molecule has 3 heterocycles. The fourth-order valence-corrected chi connectivity index (χ4v) is 3.79. The number of nitrogens with zero attached hydrogens (tertiary/aromatic N) is 5. The maximum atomic E-state index is 13.3. The number of carbonyl (C=O) groups is 1. The summed E-state index contributed by atoms with van der Waals surface area (Å²) in [5.74, 6) is 0.139. The number of pyridine rings is 1. The predicted octanol–water partition coefficient (Wildman–Crippen LogP) is 4.69.